The number of rotatable bonds is 3. The number of nitrogens with zero attached hydrogens (tertiary/aromatic N) is 1. The third-order valence-corrected chi connectivity index (χ3v) is 4.29. The number of benzene rings is 1. The van der Waals surface area contributed by atoms with Gasteiger partial charge in [-0.05, 0) is 24.6 Å². The molecule has 1 aromatic rings. The second-order valence-corrected chi connectivity index (χ2v) is 5.99. The molecule has 0 saturated heterocycles. The summed E-state index contributed by atoms with van der Waals surface area (Å²) in [5, 5.41) is 2.41. The highest BCUT2D eigenvalue weighted by atomic mass is 32.2. The SMILES string of the molecule is Cc1ccc(NC(=O)NN)cc1S(=O)(=O)N(C)C. The minimum Gasteiger partial charge on any atom is -0.307 e. The smallest absolute Gasteiger partial charge is 0.307 e. The van der Waals surface area contributed by atoms with Gasteiger partial charge in [-0.3, -0.25) is 5.43 Å². The van der Waals surface area contributed by atoms with Gasteiger partial charge in [-0.15, -0.1) is 0 Å². The van der Waals surface area contributed by atoms with E-state index in [1.165, 1.54) is 20.2 Å². The van der Waals surface area contributed by atoms with Crippen LogP contribution >= 0.6 is 0 Å². The molecule has 0 aromatic heterocycles. The summed E-state index contributed by atoms with van der Waals surface area (Å²) in [4.78, 5) is 11.2. The molecule has 18 heavy (non-hydrogen) atoms. The van der Waals surface area contributed by atoms with E-state index in [4.69, 9.17) is 5.84 Å². The topological polar surface area (TPSA) is 105 Å². The molecular formula is C10H16N4O3S. The molecule has 2 amide bonds. The van der Waals surface area contributed by atoms with Crippen LogP contribution in [-0.4, -0.2) is 32.8 Å². The minimum atomic E-state index is -3.54. The molecule has 8 heteroatoms. The molecule has 0 aliphatic rings. The summed E-state index contributed by atoms with van der Waals surface area (Å²) in [6.45, 7) is 1.68. The zero-order valence-corrected chi connectivity index (χ0v) is 11.2. The van der Waals surface area contributed by atoms with Gasteiger partial charge in [-0.1, -0.05) is 6.07 Å². The van der Waals surface area contributed by atoms with Crippen molar-refractivity contribution in [2.75, 3.05) is 19.4 Å². The molecule has 0 fully saturated rings. The molecule has 0 atom stereocenters. The molecule has 0 aliphatic heterocycles. The molecule has 0 aliphatic carbocycles. The van der Waals surface area contributed by atoms with Crippen LogP contribution in [0.15, 0.2) is 23.1 Å². The Morgan fingerprint density at radius 2 is 1.94 bits per heavy atom. The Morgan fingerprint density at radius 3 is 2.44 bits per heavy atom. The monoisotopic (exact) mass is 272 g/mol. The minimum absolute atomic E-state index is 0.141. The van der Waals surface area contributed by atoms with E-state index in [9.17, 15) is 13.2 Å². The summed E-state index contributed by atoms with van der Waals surface area (Å²) in [5.74, 6) is 4.93. The van der Waals surface area contributed by atoms with Gasteiger partial charge in [-0.2, -0.15) is 0 Å². The van der Waals surface area contributed by atoms with Gasteiger partial charge in [0.1, 0.15) is 0 Å². The van der Waals surface area contributed by atoms with Gasteiger partial charge in [0.15, 0.2) is 0 Å². The molecule has 0 spiro atoms. The maximum absolute atomic E-state index is 12.0. The maximum atomic E-state index is 12.0. The summed E-state index contributed by atoms with van der Waals surface area (Å²) in [6.07, 6.45) is 0. The Balaban J connectivity index is 3.22. The van der Waals surface area contributed by atoms with E-state index in [2.05, 4.69) is 5.32 Å². The lowest BCUT2D eigenvalue weighted by atomic mass is 10.2. The normalized spacial score (nSPS) is 11.4. The van der Waals surface area contributed by atoms with Gasteiger partial charge < -0.3 is 5.32 Å². The molecule has 4 N–H and O–H groups in total. The van der Waals surface area contributed by atoms with E-state index in [-0.39, 0.29) is 4.90 Å². The zero-order chi connectivity index (χ0) is 13.9. The summed E-state index contributed by atoms with van der Waals surface area (Å²) in [5.41, 5.74) is 2.85. The van der Waals surface area contributed by atoms with Crippen LogP contribution < -0.4 is 16.6 Å². The second-order valence-electron chi connectivity index (χ2n) is 3.87. The van der Waals surface area contributed by atoms with Gasteiger partial charge in [0, 0.05) is 19.8 Å². The number of sulfonamides is 1. The Labute approximate surface area is 106 Å². The standard InChI is InChI=1S/C10H16N4O3S/c1-7-4-5-8(12-10(15)13-11)6-9(7)18(16,17)14(2)3/h4-6H,11H2,1-3H3,(H2,12,13,15). The fourth-order valence-electron chi connectivity index (χ4n) is 1.32. The van der Waals surface area contributed by atoms with Crippen LogP contribution in [-0.2, 0) is 10.0 Å². The number of hydrazine groups is 1. The molecule has 0 saturated carbocycles. The maximum Gasteiger partial charge on any atom is 0.333 e. The summed E-state index contributed by atoms with van der Waals surface area (Å²) in [6, 6.07) is 3.98. The number of urea groups is 1. The van der Waals surface area contributed by atoms with E-state index >= 15 is 0 Å². The Kier molecular flexibility index (Phi) is 4.28. The molecule has 0 bridgehead atoms. The molecule has 0 radical (unpaired) electrons. The largest absolute Gasteiger partial charge is 0.333 e. The van der Waals surface area contributed by atoms with Crippen molar-refractivity contribution in [1.29, 1.82) is 0 Å². The summed E-state index contributed by atoms with van der Waals surface area (Å²) in [7, 11) is -0.650. The Hall–Kier alpha value is -1.64. The van der Waals surface area contributed by atoms with Crippen molar-refractivity contribution >= 4 is 21.7 Å². The number of amides is 2. The number of nitrogens with one attached hydrogen (secondary N) is 2. The van der Waals surface area contributed by atoms with Gasteiger partial charge in [0.05, 0.1) is 4.90 Å². The van der Waals surface area contributed by atoms with E-state index in [1.807, 2.05) is 5.43 Å². The van der Waals surface area contributed by atoms with Crippen molar-refractivity contribution in [3.8, 4) is 0 Å². The molecular weight excluding hydrogens is 256 g/mol. The third-order valence-electron chi connectivity index (χ3n) is 2.34. The van der Waals surface area contributed by atoms with Gasteiger partial charge in [0.2, 0.25) is 10.0 Å². The number of hydrogen-bond acceptors (Lipinski definition) is 4. The second kappa shape index (κ2) is 5.34. The lowest BCUT2D eigenvalue weighted by Crippen LogP contribution is -2.34. The van der Waals surface area contributed by atoms with Crippen LogP contribution in [0.5, 0.6) is 0 Å². The summed E-state index contributed by atoms with van der Waals surface area (Å²) < 4.78 is 25.2. The van der Waals surface area contributed by atoms with Crippen LogP contribution in [0.3, 0.4) is 0 Å². The first kappa shape index (κ1) is 14.4. The van der Waals surface area contributed by atoms with Crippen LogP contribution in [0.25, 0.3) is 0 Å². The quantitative estimate of drug-likeness (QED) is 0.416. The fourth-order valence-corrected chi connectivity index (χ4v) is 2.46. The molecule has 1 rings (SSSR count). The van der Waals surface area contributed by atoms with Crippen molar-refractivity contribution in [2.45, 2.75) is 11.8 Å². The van der Waals surface area contributed by atoms with Gasteiger partial charge in [0.25, 0.3) is 0 Å². The van der Waals surface area contributed by atoms with Gasteiger partial charge in [-0.25, -0.2) is 23.4 Å². The van der Waals surface area contributed by atoms with Crippen LogP contribution in [0.4, 0.5) is 10.5 Å². The van der Waals surface area contributed by atoms with E-state index in [1.54, 1.807) is 19.1 Å². The zero-order valence-electron chi connectivity index (χ0n) is 10.4. The lowest BCUT2D eigenvalue weighted by Gasteiger charge is -2.15. The van der Waals surface area contributed by atoms with Crippen LogP contribution in [0, 0.1) is 6.92 Å². The molecule has 7 nitrogen and oxygen atoms in total. The van der Waals surface area contributed by atoms with E-state index in [0.717, 1.165) is 4.31 Å². The van der Waals surface area contributed by atoms with Crippen molar-refractivity contribution < 1.29 is 13.2 Å². The number of hydrogen-bond donors (Lipinski definition) is 3. The molecule has 0 unspecified atom stereocenters. The number of carbonyl (C=O) groups excluding carboxylic acids is 1. The first-order chi connectivity index (χ1) is 8.28. The van der Waals surface area contributed by atoms with E-state index < -0.39 is 16.1 Å². The van der Waals surface area contributed by atoms with E-state index in [0.29, 0.717) is 11.3 Å². The number of aryl methyl sites for hydroxylation is 1. The predicted octanol–water partition coefficient (Wildman–Crippen LogP) is 0.241. The van der Waals surface area contributed by atoms with Crippen LogP contribution in [0.2, 0.25) is 0 Å². The average Bonchev–Trinajstić information content (AvgIpc) is 2.31. The van der Waals surface area contributed by atoms with Crippen molar-refractivity contribution in [3.05, 3.63) is 23.8 Å². The molecule has 100 valence electrons. The van der Waals surface area contributed by atoms with Crippen molar-refractivity contribution in [1.82, 2.24) is 9.73 Å². The Morgan fingerprint density at radius 1 is 1.33 bits per heavy atom. The highest BCUT2D eigenvalue weighted by molar-refractivity contribution is 7.89. The number of anilines is 1. The Bertz CT molecular complexity index is 554. The van der Waals surface area contributed by atoms with Crippen molar-refractivity contribution in [3.63, 3.8) is 0 Å². The van der Waals surface area contributed by atoms with Crippen LogP contribution in [0.1, 0.15) is 5.56 Å². The highest BCUT2D eigenvalue weighted by Crippen LogP contribution is 2.22. The predicted molar refractivity (Wildman–Crippen MR) is 68.4 cm³/mol. The molecule has 0 heterocycles. The average molecular weight is 272 g/mol. The lowest BCUT2D eigenvalue weighted by molar-refractivity contribution is 0.252. The van der Waals surface area contributed by atoms with Gasteiger partial charge >= 0.3 is 6.03 Å². The third kappa shape index (κ3) is 2.97. The first-order valence-electron chi connectivity index (χ1n) is 5.10. The highest BCUT2D eigenvalue weighted by Gasteiger charge is 2.20. The van der Waals surface area contributed by atoms with Crippen molar-refractivity contribution in [2.24, 2.45) is 5.84 Å². The number of carbonyl (C=O) groups is 1. The number of nitrogens with two attached hydrogens (primary N) is 1. The fraction of sp³-hybridized carbons (Fsp3) is 0.300. The molecule has 1 aromatic carbocycles. The summed E-state index contributed by atoms with van der Waals surface area (Å²) >= 11 is 0. The first-order valence-corrected chi connectivity index (χ1v) is 6.54.